The first kappa shape index (κ1) is 46.1. The maximum Gasteiger partial charge on any atom is 0.307 e. The summed E-state index contributed by atoms with van der Waals surface area (Å²) in [5.41, 5.74) is 0. The summed E-state index contributed by atoms with van der Waals surface area (Å²) in [5, 5.41) is 0. The lowest BCUT2D eigenvalue weighted by Crippen LogP contribution is -2.15. The van der Waals surface area contributed by atoms with Crippen LogP contribution in [0.4, 0.5) is 0 Å². The maximum absolute atomic E-state index is 10.9. The molecule has 47 heavy (non-hydrogen) atoms. The SMILES string of the molecule is CCCCCCCCCCCCCOCCOCCOCCOCCOCCOCCOCCOCCOCCOCCC(=O)OC. The second-order valence-electron chi connectivity index (χ2n) is 11.0. The van der Waals surface area contributed by atoms with E-state index >= 15 is 0 Å². The third-order valence-electron chi connectivity index (χ3n) is 6.92. The minimum atomic E-state index is -0.282. The molecule has 0 aliphatic rings. The van der Waals surface area contributed by atoms with Crippen molar-refractivity contribution < 1.29 is 56.9 Å². The van der Waals surface area contributed by atoms with Gasteiger partial charge in [-0.3, -0.25) is 4.79 Å². The summed E-state index contributed by atoms with van der Waals surface area (Å²) < 4.78 is 59.3. The number of ether oxygens (including phenoxy) is 11. The molecule has 282 valence electrons. The Morgan fingerprint density at radius 3 is 0.830 bits per heavy atom. The zero-order chi connectivity index (χ0) is 34.0. The lowest BCUT2D eigenvalue weighted by atomic mass is 10.1. The van der Waals surface area contributed by atoms with E-state index in [1.807, 2.05) is 0 Å². The summed E-state index contributed by atoms with van der Waals surface area (Å²) >= 11 is 0. The average molecular weight is 683 g/mol. The van der Waals surface area contributed by atoms with Gasteiger partial charge in [-0.15, -0.1) is 0 Å². The molecule has 12 heteroatoms. The van der Waals surface area contributed by atoms with E-state index in [2.05, 4.69) is 11.7 Å². The van der Waals surface area contributed by atoms with Gasteiger partial charge in [0, 0.05) is 6.61 Å². The molecule has 0 aromatic rings. The number of hydrogen-bond acceptors (Lipinski definition) is 12. The third-order valence-corrected chi connectivity index (χ3v) is 6.92. The van der Waals surface area contributed by atoms with Crippen molar-refractivity contribution in [2.45, 2.75) is 84.0 Å². The summed E-state index contributed by atoms with van der Waals surface area (Å²) in [6.45, 7) is 12.8. The minimum absolute atomic E-state index is 0.249. The summed E-state index contributed by atoms with van der Waals surface area (Å²) in [6, 6.07) is 0. The molecule has 0 saturated carbocycles. The number of carbonyl (C=O) groups is 1. The summed E-state index contributed by atoms with van der Waals surface area (Å²) in [5.74, 6) is -0.282. The predicted molar refractivity (Wildman–Crippen MR) is 181 cm³/mol. The van der Waals surface area contributed by atoms with Crippen LogP contribution in [0.2, 0.25) is 0 Å². The van der Waals surface area contributed by atoms with Crippen molar-refractivity contribution in [1.29, 1.82) is 0 Å². The second-order valence-corrected chi connectivity index (χ2v) is 11.0. The van der Waals surface area contributed by atoms with Gasteiger partial charge in [0.25, 0.3) is 0 Å². The van der Waals surface area contributed by atoms with Crippen LogP contribution < -0.4 is 0 Å². The third kappa shape index (κ3) is 43.0. The van der Waals surface area contributed by atoms with E-state index < -0.39 is 0 Å². The normalized spacial score (nSPS) is 11.4. The molecule has 0 spiro atoms. The van der Waals surface area contributed by atoms with Crippen LogP contribution in [0.5, 0.6) is 0 Å². The molecule has 0 aliphatic carbocycles. The second kappa shape index (κ2) is 43.1. The van der Waals surface area contributed by atoms with Gasteiger partial charge in [-0.25, -0.2) is 0 Å². The fourth-order valence-electron chi connectivity index (χ4n) is 4.21. The molecule has 0 rings (SSSR count). The first-order valence-corrected chi connectivity index (χ1v) is 18.2. The standard InChI is InChI=1S/C35H70O12/c1-3-4-5-6-7-8-9-10-11-12-13-15-38-17-19-40-21-23-42-25-27-44-29-31-46-33-34-47-32-30-45-28-26-43-24-22-41-20-18-39-16-14-35(36)37-2/h3-34H2,1-2H3. The van der Waals surface area contributed by atoms with Crippen molar-refractivity contribution in [3.05, 3.63) is 0 Å². The smallest absolute Gasteiger partial charge is 0.307 e. The van der Waals surface area contributed by atoms with Crippen molar-refractivity contribution in [3.63, 3.8) is 0 Å². The molecular formula is C35H70O12. The van der Waals surface area contributed by atoms with Gasteiger partial charge in [-0.1, -0.05) is 71.1 Å². The molecule has 0 radical (unpaired) electrons. The predicted octanol–water partition coefficient (Wildman–Crippen LogP) is 5.03. The first-order valence-electron chi connectivity index (χ1n) is 18.2. The molecule has 0 aliphatic heterocycles. The molecule has 0 aromatic heterocycles. The molecule has 0 heterocycles. The summed E-state index contributed by atoms with van der Waals surface area (Å²) in [6.07, 6.45) is 15.1. The van der Waals surface area contributed by atoms with Crippen molar-refractivity contribution in [2.75, 3.05) is 139 Å². The van der Waals surface area contributed by atoms with Crippen molar-refractivity contribution in [3.8, 4) is 0 Å². The quantitative estimate of drug-likeness (QED) is 0.0635. The van der Waals surface area contributed by atoms with Crippen LogP contribution in [0.3, 0.4) is 0 Å². The van der Waals surface area contributed by atoms with E-state index in [1.54, 1.807) is 0 Å². The highest BCUT2D eigenvalue weighted by Crippen LogP contribution is 2.11. The van der Waals surface area contributed by atoms with Crippen LogP contribution in [-0.4, -0.2) is 145 Å². The fourth-order valence-corrected chi connectivity index (χ4v) is 4.21. The van der Waals surface area contributed by atoms with Gasteiger partial charge in [-0.05, 0) is 6.42 Å². The molecule has 0 unspecified atom stereocenters. The van der Waals surface area contributed by atoms with Gasteiger partial charge in [-0.2, -0.15) is 0 Å². The summed E-state index contributed by atoms with van der Waals surface area (Å²) in [4.78, 5) is 10.9. The zero-order valence-electron chi connectivity index (χ0n) is 30.0. The zero-order valence-corrected chi connectivity index (χ0v) is 30.0. The number of rotatable bonds is 42. The molecule has 0 aromatic carbocycles. The van der Waals surface area contributed by atoms with Crippen LogP contribution in [0.1, 0.15) is 84.0 Å². The van der Waals surface area contributed by atoms with E-state index in [-0.39, 0.29) is 12.4 Å². The highest BCUT2D eigenvalue weighted by Gasteiger charge is 2.00. The maximum atomic E-state index is 10.9. The molecule has 0 bridgehead atoms. The highest BCUT2D eigenvalue weighted by molar-refractivity contribution is 5.69. The van der Waals surface area contributed by atoms with Gasteiger partial charge < -0.3 is 52.1 Å². The Bertz CT molecular complexity index is 585. The minimum Gasteiger partial charge on any atom is -0.469 e. The van der Waals surface area contributed by atoms with Gasteiger partial charge in [0.05, 0.1) is 139 Å². The Balaban J connectivity index is 3.05. The molecule has 12 nitrogen and oxygen atoms in total. The van der Waals surface area contributed by atoms with Crippen LogP contribution in [0, 0.1) is 0 Å². The molecular weight excluding hydrogens is 612 g/mol. The van der Waals surface area contributed by atoms with Crippen molar-refractivity contribution in [1.82, 2.24) is 0 Å². The van der Waals surface area contributed by atoms with Crippen LogP contribution in [-0.2, 0) is 56.9 Å². The lowest BCUT2D eigenvalue weighted by molar-refractivity contribution is -0.141. The fraction of sp³-hybridized carbons (Fsp3) is 0.971. The summed E-state index contributed by atoms with van der Waals surface area (Å²) in [7, 11) is 1.36. The lowest BCUT2D eigenvalue weighted by Gasteiger charge is -2.09. The molecule has 0 amide bonds. The van der Waals surface area contributed by atoms with Crippen molar-refractivity contribution in [2.24, 2.45) is 0 Å². The van der Waals surface area contributed by atoms with E-state index in [1.165, 1.54) is 71.3 Å². The largest absolute Gasteiger partial charge is 0.469 e. The van der Waals surface area contributed by atoms with Crippen molar-refractivity contribution >= 4 is 5.97 Å². The molecule has 0 fully saturated rings. The Morgan fingerprint density at radius 1 is 0.319 bits per heavy atom. The number of carbonyl (C=O) groups excluding carboxylic acids is 1. The Hall–Kier alpha value is -0.930. The van der Waals surface area contributed by atoms with E-state index in [9.17, 15) is 4.79 Å². The molecule has 0 N–H and O–H groups in total. The monoisotopic (exact) mass is 682 g/mol. The number of esters is 1. The molecule has 0 saturated heterocycles. The molecule has 0 atom stereocenters. The van der Waals surface area contributed by atoms with Gasteiger partial charge in [0.1, 0.15) is 0 Å². The number of unbranched alkanes of at least 4 members (excludes halogenated alkanes) is 10. The Kier molecular flexibility index (Phi) is 42.2. The van der Waals surface area contributed by atoms with Gasteiger partial charge in [0.15, 0.2) is 0 Å². The highest BCUT2D eigenvalue weighted by atomic mass is 16.6. The van der Waals surface area contributed by atoms with E-state index in [0.717, 1.165) is 13.0 Å². The van der Waals surface area contributed by atoms with Gasteiger partial charge in [0.2, 0.25) is 0 Å². The number of hydrogen-bond donors (Lipinski definition) is 0. The Labute approximate surface area is 286 Å². The average Bonchev–Trinajstić information content (AvgIpc) is 3.08. The number of methoxy groups -OCH3 is 1. The van der Waals surface area contributed by atoms with Gasteiger partial charge >= 0.3 is 5.97 Å². The van der Waals surface area contributed by atoms with Crippen LogP contribution in [0.15, 0.2) is 0 Å². The van der Waals surface area contributed by atoms with E-state index in [4.69, 9.17) is 47.4 Å². The topological polar surface area (TPSA) is 119 Å². The van der Waals surface area contributed by atoms with Crippen LogP contribution in [0.25, 0.3) is 0 Å². The first-order chi connectivity index (χ1) is 23.3. The van der Waals surface area contributed by atoms with Crippen LogP contribution >= 0.6 is 0 Å². The Morgan fingerprint density at radius 2 is 0.553 bits per heavy atom. The van der Waals surface area contributed by atoms with E-state index in [0.29, 0.717) is 126 Å².